The Hall–Kier alpha value is -6.11. The second-order valence-corrected chi connectivity index (χ2v) is 11.8. The van der Waals surface area contributed by atoms with Crippen molar-refractivity contribution in [1.82, 2.24) is 0 Å². The molecule has 0 aliphatic carbocycles. The number of hydrogen-bond donors (Lipinski definition) is 0. The monoisotopic (exact) mass is 644 g/mol. The van der Waals surface area contributed by atoms with Crippen LogP contribution in [0.25, 0.3) is 0 Å². The fourth-order valence-corrected chi connectivity index (χ4v) is 4.87. The van der Waals surface area contributed by atoms with Crippen LogP contribution in [0.4, 0.5) is 11.4 Å². The van der Waals surface area contributed by atoms with Crippen LogP contribution in [0.5, 0.6) is 11.5 Å². The van der Waals surface area contributed by atoms with Gasteiger partial charge in [0, 0.05) is 12.4 Å². The van der Waals surface area contributed by atoms with E-state index in [1.807, 2.05) is 147 Å². The Bertz CT molecular complexity index is 2010. The van der Waals surface area contributed by atoms with Crippen molar-refractivity contribution in [3.63, 3.8) is 0 Å². The molecule has 0 atom stereocenters. The van der Waals surface area contributed by atoms with Gasteiger partial charge in [0.1, 0.15) is 12.4 Å². The molecule has 0 saturated carbocycles. The molecule has 0 N–H and O–H groups in total. The number of esters is 1. The van der Waals surface area contributed by atoms with E-state index < -0.39 is 5.97 Å². The minimum atomic E-state index is -0.409. The van der Waals surface area contributed by atoms with Gasteiger partial charge in [-0.15, -0.1) is 0 Å². The van der Waals surface area contributed by atoms with E-state index in [1.54, 1.807) is 18.3 Å². The Balaban J connectivity index is 0.929. The summed E-state index contributed by atoms with van der Waals surface area (Å²) in [5, 5.41) is 0. The molecule has 6 rings (SSSR count). The molecule has 0 radical (unpaired) electrons. The summed E-state index contributed by atoms with van der Waals surface area (Å²) < 4.78 is 5.60. The summed E-state index contributed by atoms with van der Waals surface area (Å²) in [7, 11) is 0. The summed E-state index contributed by atoms with van der Waals surface area (Å²) in [6.45, 7) is 4.42. The summed E-state index contributed by atoms with van der Waals surface area (Å²) in [4.78, 5) is 32.7. The van der Waals surface area contributed by atoms with E-state index in [0.717, 1.165) is 45.6 Å². The molecule has 0 unspecified atom stereocenters. The maximum Gasteiger partial charge on any atom is 0.343 e. The molecule has 49 heavy (non-hydrogen) atoms. The topological polar surface area (TPSA) is 69.5 Å². The van der Waals surface area contributed by atoms with Gasteiger partial charge in [0.15, 0.2) is 5.75 Å². The quantitative estimate of drug-likeness (QED) is 0.0437. The van der Waals surface area contributed by atoms with Gasteiger partial charge in [-0.25, -0.2) is 4.79 Å². The van der Waals surface area contributed by atoms with Crippen molar-refractivity contribution in [2.75, 3.05) is 0 Å². The minimum Gasteiger partial charge on any atom is -0.423 e. The Morgan fingerprint density at radius 3 is 1.49 bits per heavy atom. The highest BCUT2D eigenvalue weighted by molar-refractivity contribution is 5.92. The lowest BCUT2D eigenvalue weighted by Gasteiger charge is -2.08. The molecule has 242 valence electrons. The molecule has 0 heterocycles. The van der Waals surface area contributed by atoms with Crippen molar-refractivity contribution in [3.05, 3.63) is 190 Å². The van der Waals surface area contributed by atoms with Gasteiger partial charge in [0.2, 0.25) is 0 Å². The zero-order valence-corrected chi connectivity index (χ0v) is 27.5. The molecule has 0 aromatic heterocycles. The Morgan fingerprint density at radius 1 is 0.531 bits per heavy atom. The Labute approximate surface area is 286 Å². The first-order chi connectivity index (χ1) is 23.9. The van der Waals surface area contributed by atoms with Gasteiger partial charge in [-0.3, -0.25) is 9.98 Å². The van der Waals surface area contributed by atoms with E-state index >= 15 is 0 Å². The first-order valence-electron chi connectivity index (χ1n) is 16.1. The number of hydrogen-bond acceptors (Lipinski definition) is 6. The molecule has 6 nitrogen and oxygen atoms in total. The normalized spacial score (nSPS) is 11.2. The van der Waals surface area contributed by atoms with Gasteiger partial charge in [0.05, 0.1) is 16.9 Å². The third kappa shape index (κ3) is 9.94. The third-order valence-electron chi connectivity index (χ3n) is 7.77. The molecule has 0 fully saturated rings. The SMILES string of the molecule is Cc1ccc(N=Cc2ccc(COOc3ccc(Cc4ccc(OC(=O)c5ccc(C=Nc6ccc(C)cc6)cc5)cc4)cc3)cc2)cc1. The zero-order chi connectivity index (χ0) is 33.8. The Morgan fingerprint density at radius 2 is 0.980 bits per heavy atom. The van der Waals surface area contributed by atoms with Crippen molar-refractivity contribution < 1.29 is 19.3 Å². The summed E-state index contributed by atoms with van der Waals surface area (Å²) in [6.07, 6.45) is 4.35. The lowest BCUT2D eigenvalue weighted by Crippen LogP contribution is -2.08. The molecule has 0 bridgehead atoms. The van der Waals surface area contributed by atoms with Crippen LogP contribution in [0, 0.1) is 13.8 Å². The van der Waals surface area contributed by atoms with Crippen LogP contribution in [0.2, 0.25) is 0 Å². The molecular formula is C43H36N2O4. The standard InChI is InChI=1S/C43H36N2O4/c1-31-3-19-39(20-4-31)44-28-35-7-9-37(10-8-35)30-47-49-42-25-15-34(16-26-42)27-33-13-23-41(24-14-33)48-43(46)38-17-11-36(12-18-38)29-45-40-21-5-32(2)6-22-40/h3-26,28-29H,27,30H2,1-2H3. The van der Waals surface area contributed by atoms with Crippen molar-refractivity contribution in [1.29, 1.82) is 0 Å². The smallest absolute Gasteiger partial charge is 0.343 e. The number of rotatable bonds is 12. The van der Waals surface area contributed by atoms with Crippen LogP contribution in [0.1, 0.15) is 49.3 Å². The highest BCUT2D eigenvalue weighted by Crippen LogP contribution is 2.20. The number of benzene rings is 6. The Kier molecular flexibility index (Phi) is 10.8. The van der Waals surface area contributed by atoms with Crippen molar-refractivity contribution in [2.45, 2.75) is 26.9 Å². The number of ether oxygens (including phenoxy) is 1. The van der Waals surface area contributed by atoms with Crippen LogP contribution in [0.3, 0.4) is 0 Å². The molecule has 0 aliphatic heterocycles. The molecule has 0 saturated heterocycles. The molecule has 6 aromatic rings. The predicted molar refractivity (Wildman–Crippen MR) is 196 cm³/mol. The first kappa shape index (κ1) is 32.8. The summed E-state index contributed by atoms with van der Waals surface area (Å²) >= 11 is 0. The molecular weight excluding hydrogens is 608 g/mol. The van der Waals surface area contributed by atoms with Gasteiger partial charge >= 0.3 is 5.97 Å². The van der Waals surface area contributed by atoms with Crippen LogP contribution < -0.4 is 9.62 Å². The van der Waals surface area contributed by atoms with Crippen molar-refractivity contribution in [2.24, 2.45) is 9.98 Å². The summed E-state index contributed by atoms with van der Waals surface area (Å²) in [6, 6.07) is 46.6. The number of aliphatic imine (C=N–C) groups is 2. The van der Waals surface area contributed by atoms with E-state index in [4.69, 9.17) is 14.5 Å². The highest BCUT2D eigenvalue weighted by Gasteiger charge is 2.09. The van der Waals surface area contributed by atoms with E-state index in [-0.39, 0.29) is 0 Å². The lowest BCUT2D eigenvalue weighted by molar-refractivity contribution is -0.217. The zero-order valence-electron chi connectivity index (χ0n) is 27.5. The lowest BCUT2D eigenvalue weighted by atomic mass is 10.0. The molecule has 0 amide bonds. The third-order valence-corrected chi connectivity index (χ3v) is 7.77. The van der Waals surface area contributed by atoms with Gasteiger partial charge in [0.25, 0.3) is 0 Å². The molecule has 0 spiro atoms. The van der Waals surface area contributed by atoms with E-state index in [1.165, 1.54) is 11.1 Å². The summed E-state index contributed by atoms with van der Waals surface area (Å²) in [5.41, 5.74) is 9.80. The number of carbonyl (C=O) groups is 1. The van der Waals surface area contributed by atoms with E-state index in [9.17, 15) is 4.79 Å². The van der Waals surface area contributed by atoms with E-state index in [0.29, 0.717) is 23.7 Å². The average molecular weight is 645 g/mol. The predicted octanol–water partition coefficient (Wildman–Crippen LogP) is 10.1. The number of nitrogens with zero attached hydrogens (tertiary/aromatic N) is 2. The van der Waals surface area contributed by atoms with Crippen molar-refractivity contribution in [3.8, 4) is 11.5 Å². The van der Waals surface area contributed by atoms with Crippen LogP contribution in [0.15, 0.2) is 156 Å². The molecule has 6 heteroatoms. The molecule has 6 aromatic carbocycles. The first-order valence-corrected chi connectivity index (χ1v) is 16.1. The fourth-order valence-electron chi connectivity index (χ4n) is 4.87. The van der Waals surface area contributed by atoms with Crippen molar-refractivity contribution >= 4 is 29.8 Å². The van der Waals surface area contributed by atoms with Gasteiger partial charge < -0.3 is 9.62 Å². The molecule has 0 aliphatic rings. The fraction of sp³-hybridized carbons (Fsp3) is 0.0930. The number of carbonyl (C=O) groups excluding carboxylic acids is 1. The van der Waals surface area contributed by atoms with Gasteiger partial charge in [-0.2, -0.15) is 4.89 Å². The van der Waals surface area contributed by atoms with E-state index in [2.05, 4.69) is 16.9 Å². The average Bonchev–Trinajstić information content (AvgIpc) is 3.13. The van der Waals surface area contributed by atoms with Crippen LogP contribution >= 0.6 is 0 Å². The maximum atomic E-state index is 12.7. The van der Waals surface area contributed by atoms with Crippen LogP contribution in [-0.4, -0.2) is 18.4 Å². The second kappa shape index (κ2) is 16.1. The second-order valence-electron chi connectivity index (χ2n) is 11.8. The maximum absolute atomic E-state index is 12.7. The van der Waals surface area contributed by atoms with Gasteiger partial charge in [-0.1, -0.05) is 96.1 Å². The minimum absolute atomic E-state index is 0.322. The number of aryl methyl sites for hydroxylation is 2. The summed E-state index contributed by atoms with van der Waals surface area (Å²) in [5.74, 6) is 0.706. The highest BCUT2D eigenvalue weighted by atomic mass is 17.2. The van der Waals surface area contributed by atoms with Gasteiger partial charge in [-0.05, 0) is 109 Å². The van der Waals surface area contributed by atoms with Crippen LogP contribution in [-0.2, 0) is 17.9 Å². The largest absolute Gasteiger partial charge is 0.423 e.